The van der Waals surface area contributed by atoms with Crippen LogP contribution in [0.3, 0.4) is 0 Å². The average molecular weight is 250 g/mol. The Labute approximate surface area is 103 Å². The summed E-state index contributed by atoms with van der Waals surface area (Å²) in [4.78, 5) is 24.7. The van der Waals surface area contributed by atoms with E-state index in [1.54, 1.807) is 13.1 Å². The highest BCUT2D eigenvalue weighted by molar-refractivity contribution is 5.73. The lowest BCUT2D eigenvalue weighted by atomic mass is 10.1. The highest BCUT2D eigenvalue weighted by Crippen LogP contribution is 2.12. The maximum atomic E-state index is 11.1. The molecule has 0 saturated heterocycles. The highest BCUT2D eigenvalue weighted by Gasteiger charge is 2.04. The lowest BCUT2D eigenvalue weighted by Gasteiger charge is -2.04. The van der Waals surface area contributed by atoms with E-state index in [2.05, 4.69) is 10.3 Å². The van der Waals surface area contributed by atoms with E-state index in [9.17, 15) is 9.59 Å². The first kappa shape index (κ1) is 12.4. The molecule has 0 atom stereocenters. The Hall–Kier alpha value is -2.08. The van der Waals surface area contributed by atoms with Crippen LogP contribution in [0.25, 0.3) is 11.1 Å². The zero-order valence-electron chi connectivity index (χ0n) is 9.99. The zero-order chi connectivity index (χ0) is 13.0. The number of fused-ring (bicyclic) bond motifs is 1. The van der Waals surface area contributed by atoms with Gasteiger partial charge in [-0.05, 0) is 24.7 Å². The van der Waals surface area contributed by atoms with Crippen molar-refractivity contribution in [1.29, 1.82) is 0 Å². The topological polar surface area (TPSA) is 84.3 Å². The standard InChI is InChI=1S/C12H14N2O4/c1-13-7-11(15)17-5-4-8-2-3-10-9(6-8)14-12(16)18-10/h2-3,6,13H,4-5,7H2,1H3,(H,14,16). The first-order chi connectivity index (χ1) is 8.69. The van der Waals surface area contributed by atoms with Crippen molar-refractivity contribution in [2.24, 2.45) is 0 Å². The molecule has 0 radical (unpaired) electrons. The number of aromatic amines is 1. The number of ether oxygens (including phenoxy) is 1. The Kier molecular flexibility index (Phi) is 3.78. The molecule has 0 unspecified atom stereocenters. The molecule has 1 aromatic carbocycles. The molecule has 1 heterocycles. The number of carbonyl (C=O) groups is 1. The van der Waals surface area contributed by atoms with E-state index in [0.29, 0.717) is 24.1 Å². The molecule has 96 valence electrons. The SMILES string of the molecule is CNCC(=O)OCCc1ccc2oc(=O)[nH]c2c1. The summed E-state index contributed by atoms with van der Waals surface area (Å²) in [5.74, 6) is -0.752. The number of H-pyrrole nitrogens is 1. The average Bonchev–Trinajstić information content (AvgIpc) is 2.69. The van der Waals surface area contributed by atoms with Gasteiger partial charge in [0.25, 0.3) is 0 Å². The third-order valence-electron chi connectivity index (χ3n) is 2.46. The van der Waals surface area contributed by atoms with Crippen molar-refractivity contribution < 1.29 is 13.9 Å². The van der Waals surface area contributed by atoms with Gasteiger partial charge < -0.3 is 14.5 Å². The molecule has 0 fully saturated rings. The maximum Gasteiger partial charge on any atom is 0.417 e. The van der Waals surface area contributed by atoms with Crippen LogP contribution in [0.4, 0.5) is 0 Å². The van der Waals surface area contributed by atoms with Crippen molar-refractivity contribution in [3.8, 4) is 0 Å². The Morgan fingerprint density at radius 1 is 1.50 bits per heavy atom. The molecule has 2 aromatic rings. The van der Waals surface area contributed by atoms with E-state index >= 15 is 0 Å². The second-order valence-electron chi connectivity index (χ2n) is 3.85. The summed E-state index contributed by atoms with van der Waals surface area (Å²) >= 11 is 0. The minimum absolute atomic E-state index is 0.202. The van der Waals surface area contributed by atoms with Gasteiger partial charge in [0.05, 0.1) is 18.7 Å². The molecule has 0 aliphatic carbocycles. The fraction of sp³-hybridized carbons (Fsp3) is 0.333. The molecule has 0 amide bonds. The van der Waals surface area contributed by atoms with Crippen LogP contribution in [0.1, 0.15) is 5.56 Å². The summed E-state index contributed by atoms with van der Waals surface area (Å²) in [7, 11) is 1.68. The van der Waals surface area contributed by atoms with Gasteiger partial charge in [0.15, 0.2) is 5.58 Å². The first-order valence-corrected chi connectivity index (χ1v) is 5.61. The monoisotopic (exact) mass is 250 g/mol. The molecule has 6 heteroatoms. The summed E-state index contributed by atoms with van der Waals surface area (Å²) in [6.07, 6.45) is 0.596. The molecule has 0 bridgehead atoms. The number of esters is 1. The van der Waals surface area contributed by atoms with E-state index in [1.165, 1.54) is 0 Å². The third-order valence-corrected chi connectivity index (χ3v) is 2.46. The van der Waals surface area contributed by atoms with Gasteiger partial charge in [-0.15, -0.1) is 0 Å². The van der Waals surface area contributed by atoms with Crippen LogP contribution >= 0.6 is 0 Å². The summed E-state index contributed by atoms with van der Waals surface area (Å²) in [6, 6.07) is 5.37. The quantitative estimate of drug-likeness (QED) is 0.751. The Morgan fingerprint density at radius 2 is 2.33 bits per heavy atom. The lowest BCUT2D eigenvalue weighted by molar-refractivity contribution is -0.142. The first-order valence-electron chi connectivity index (χ1n) is 5.61. The number of hydrogen-bond donors (Lipinski definition) is 2. The molecule has 0 spiro atoms. The van der Waals surface area contributed by atoms with Gasteiger partial charge in [0.1, 0.15) is 0 Å². The Morgan fingerprint density at radius 3 is 3.11 bits per heavy atom. The summed E-state index contributed by atoms with van der Waals surface area (Å²) in [6.45, 7) is 0.516. The van der Waals surface area contributed by atoms with E-state index in [0.717, 1.165) is 5.56 Å². The number of rotatable bonds is 5. The summed E-state index contributed by atoms with van der Waals surface area (Å²) in [5, 5.41) is 2.72. The van der Waals surface area contributed by atoms with Crippen LogP contribution in [0.2, 0.25) is 0 Å². The van der Waals surface area contributed by atoms with Crippen LogP contribution < -0.4 is 11.1 Å². The molecule has 1 aromatic heterocycles. The molecular weight excluding hydrogens is 236 g/mol. The molecule has 0 aliphatic heterocycles. The van der Waals surface area contributed by atoms with E-state index in [1.807, 2.05) is 12.1 Å². The molecule has 0 saturated carbocycles. The number of benzene rings is 1. The van der Waals surface area contributed by atoms with Gasteiger partial charge in [-0.2, -0.15) is 0 Å². The highest BCUT2D eigenvalue weighted by atomic mass is 16.5. The predicted octanol–water partition coefficient (Wildman–Crippen LogP) is 0.426. The van der Waals surface area contributed by atoms with Crippen molar-refractivity contribution in [1.82, 2.24) is 10.3 Å². The van der Waals surface area contributed by atoms with Crippen molar-refractivity contribution in [3.63, 3.8) is 0 Å². The van der Waals surface area contributed by atoms with Crippen molar-refractivity contribution >= 4 is 17.1 Å². The predicted molar refractivity (Wildman–Crippen MR) is 65.4 cm³/mol. The van der Waals surface area contributed by atoms with Crippen LogP contribution in [-0.4, -0.2) is 31.2 Å². The van der Waals surface area contributed by atoms with Crippen LogP contribution in [0.5, 0.6) is 0 Å². The Balaban J connectivity index is 1.95. The summed E-state index contributed by atoms with van der Waals surface area (Å²) < 4.78 is 9.90. The molecule has 2 rings (SSSR count). The number of nitrogens with one attached hydrogen (secondary N) is 2. The van der Waals surface area contributed by atoms with E-state index in [-0.39, 0.29) is 12.5 Å². The minimum atomic E-state index is -0.470. The Bertz CT molecular complexity index is 599. The van der Waals surface area contributed by atoms with Gasteiger partial charge >= 0.3 is 11.7 Å². The normalized spacial score (nSPS) is 10.7. The number of likely N-dealkylation sites (N-methyl/N-ethyl adjacent to an activating group) is 1. The second-order valence-corrected chi connectivity index (χ2v) is 3.85. The maximum absolute atomic E-state index is 11.1. The number of aromatic nitrogens is 1. The van der Waals surface area contributed by atoms with Crippen molar-refractivity contribution in [2.45, 2.75) is 6.42 Å². The van der Waals surface area contributed by atoms with Gasteiger partial charge in [0, 0.05) is 6.42 Å². The third kappa shape index (κ3) is 2.98. The molecule has 18 heavy (non-hydrogen) atoms. The smallest absolute Gasteiger partial charge is 0.417 e. The second kappa shape index (κ2) is 5.50. The summed E-state index contributed by atoms with van der Waals surface area (Å²) in [5.41, 5.74) is 2.15. The largest absolute Gasteiger partial charge is 0.464 e. The van der Waals surface area contributed by atoms with Crippen LogP contribution in [0, 0.1) is 0 Å². The fourth-order valence-electron chi connectivity index (χ4n) is 1.63. The van der Waals surface area contributed by atoms with Crippen molar-refractivity contribution in [2.75, 3.05) is 20.2 Å². The zero-order valence-corrected chi connectivity index (χ0v) is 9.99. The fourth-order valence-corrected chi connectivity index (χ4v) is 1.63. The molecule has 6 nitrogen and oxygen atoms in total. The van der Waals surface area contributed by atoms with Gasteiger partial charge in [-0.1, -0.05) is 6.07 Å². The molecule has 2 N–H and O–H groups in total. The van der Waals surface area contributed by atoms with Crippen LogP contribution in [0.15, 0.2) is 27.4 Å². The number of oxazole rings is 1. The minimum Gasteiger partial charge on any atom is -0.464 e. The lowest BCUT2D eigenvalue weighted by Crippen LogP contribution is -2.21. The van der Waals surface area contributed by atoms with Crippen molar-refractivity contribution in [3.05, 3.63) is 34.3 Å². The van der Waals surface area contributed by atoms with Crippen LogP contribution in [-0.2, 0) is 16.0 Å². The van der Waals surface area contributed by atoms with E-state index < -0.39 is 5.76 Å². The van der Waals surface area contributed by atoms with Gasteiger partial charge in [0.2, 0.25) is 0 Å². The van der Waals surface area contributed by atoms with Gasteiger partial charge in [-0.3, -0.25) is 9.78 Å². The number of carbonyl (C=O) groups excluding carboxylic acids is 1. The van der Waals surface area contributed by atoms with Gasteiger partial charge in [-0.25, -0.2) is 4.79 Å². The van der Waals surface area contributed by atoms with E-state index in [4.69, 9.17) is 9.15 Å². The molecular formula is C12H14N2O4. The molecule has 0 aliphatic rings. The number of hydrogen-bond acceptors (Lipinski definition) is 5.